The normalized spacial score (nSPS) is 10.4. The molecule has 2 N–H and O–H groups in total. The molecule has 0 radical (unpaired) electrons. The number of methoxy groups -OCH3 is 1. The number of benzene rings is 2. The van der Waals surface area contributed by atoms with Gasteiger partial charge < -0.3 is 10.1 Å². The van der Waals surface area contributed by atoms with Gasteiger partial charge in [-0.1, -0.05) is 30.3 Å². The lowest BCUT2D eigenvalue weighted by Crippen LogP contribution is -2.31. The fourth-order valence-electron chi connectivity index (χ4n) is 2.11. The van der Waals surface area contributed by atoms with Crippen LogP contribution in [0.1, 0.15) is 17.5 Å². The number of rotatable bonds is 8. The third-order valence-corrected chi connectivity index (χ3v) is 3.42. The Morgan fingerprint density at radius 3 is 2.44 bits per heavy atom. The highest BCUT2D eigenvalue weighted by atomic mass is 16.5. The maximum Gasteiger partial charge on any atom is 0.249 e. The number of carbonyl (C=O) groups excluding carboxylic acids is 2. The van der Waals surface area contributed by atoms with Crippen LogP contribution in [0.15, 0.2) is 59.7 Å². The van der Waals surface area contributed by atoms with Crippen LogP contribution in [0.4, 0.5) is 0 Å². The maximum absolute atomic E-state index is 11.7. The van der Waals surface area contributed by atoms with Crippen molar-refractivity contribution in [3.05, 3.63) is 65.7 Å². The Morgan fingerprint density at radius 1 is 1.04 bits per heavy atom. The van der Waals surface area contributed by atoms with E-state index in [1.54, 1.807) is 19.2 Å². The van der Waals surface area contributed by atoms with Gasteiger partial charge in [-0.05, 0) is 41.8 Å². The van der Waals surface area contributed by atoms with E-state index in [-0.39, 0.29) is 12.3 Å². The first kappa shape index (κ1) is 18.2. The number of hydrogen-bond acceptors (Lipinski definition) is 4. The van der Waals surface area contributed by atoms with E-state index in [0.29, 0.717) is 6.54 Å². The minimum absolute atomic E-state index is 0.255. The van der Waals surface area contributed by atoms with Gasteiger partial charge >= 0.3 is 0 Å². The van der Waals surface area contributed by atoms with Gasteiger partial charge in [0.25, 0.3) is 0 Å². The number of carbonyl (C=O) groups is 2. The summed E-state index contributed by atoms with van der Waals surface area (Å²) < 4.78 is 5.06. The largest absolute Gasteiger partial charge is 0.497 e. The average Bonchev–Trinajstić information content (AvgIpc) is 2.63. The summed E-state index contributed by atoms with van der Waals surface area (Å²) in [5.41, 5.74) is 4.29. The fourth-order valence-corrected chi connectivity index (χ4v) is 2.11. The first-order valence-electron chi connectivity index (χ1n) is 7.94. The third-order valence-electron chi connectivity index (χ3n) is 3.42. The molecule has 0 spiro atoms. The van der Waals surface area contributed by atoms with Gasteiger partial charge in [0.15, 0.2) is 0 Å². The zero-order chi connectivity index (χ0) is 17.9. The second-order valence-electron chi connectivity index (χ2n) is 5.33. The van der Waals surface area contributed by atoms with Crippen LogP contribution < -0.4 is 15.5 Å². The molecule has 0 aliphatic carbocycles. The number of amides is 2. The number of ether oxygens (including phenoxy) is 1. The monoisotopic (exact) mass is 339 g/mol. The second-order valence-corrected chi connectivity index (χ2v) is 5.33. The van der Waals surface area contributed by atoms with E-state index >= 15 is 0 Å². The Bertz CT molecular complexity index is 712. The van der Waals surface area contributed by atoms with Crippen LogP contribution in [0.2, 0.25) is 0 Å². The van der Waals surface area contributed by atoms with Crippen LogP contribution in [0.5, 0.6) is 5.75 Å². The highest BCUT2D eigenvalue weighted by Gasteiger charge is 2.07. The van der Waals surface area contributed by atoms with Crippen LogP contribution in [0.25, 0.3) is 0 Å². The van der Waals surface area contributed by atoms with E-state index in [1.807, 2.05) is 42.5 Å². The molecule has 0 aliphatic rings. The van der Waals surface area contributed by atoms with E-state index in [0.717, 1.165) is 23.3 Å². The van der Waals surface area contributed by atoms with Gasteiger partial charge in [-0.2, -0.15) is 5.10 Å². The number of hydrazone groups is 1. The Kier molecular flexibility index (Phi) is 7.18. The van der Waals surface area contributed by atoms with Gasteiger partial charge in [0.2, 0.25) is 11.8 Å². The van der Waals surface area contributed by atoms with Gasteiger partial charge in [0.05, 0.1) is 13.3 Å². The molecule has 25 heavy (non-hydrogen) atoms. The van der Waals surface area contributed by atoms with Gasteiger partial charge in [-0.15, -0.1) is 0 Å². The molecule has 0 bridgehead atoms. The Balaban J connectivity index is 1.66. The number of hydrogen-bond donors (Lipinski definition) is 2. The molecule has 130 valence electrons. The van der Waals surface area contributed by atoms with Crippen LogP contribution in [0, 0.1) is 0 Å². The lowest BCUT2D eigenvalue weighted by atomic mass is 10.1. The summed E-state index contributed by atoms with van der Waals surface area (Å²) in [5, 5.41) is 6.55. The molecule has 0 heterocycles. The summed E-state index contributed by atoms with van der Waals surface area (Å²) in [6.45, 7) is 0.491. The molecule has 2 rings (SSSR count). The molecule has 2 aromatic rings. The molecule has 0 aromatic heterocycles. The summed E-state index contributed by atoms with van der Waals surface area (Å²) in [6, 6.07) is 17.0. The lowest BCUT2D eigenvalue weighted by molar-refractivity contribution is -0.129. The van der Waals surface area contributed by atoms with Crippen molar-refractivity contribution in [2.45, 2.75) is 12.8 Å². The molecule has 6 nitrogen and oxygen atoms in total. The molecule has 0 fully saturated rings. The van der Waals surface area contributed by atoms with Crippen molar-refractivity contribution in [3.63, 3.8) is 0 Å². The zero-order valence-electron chi connectivity index (χ0n) is 14.1. The molecule has 0 aliphatic heterocycles. The van der Waals surface area contributed by atoms with E-state index in [2.05, 4.69) is 15.8 Å². The molecule has 2 amide bonds. The van der Waals surface area contributed by atoms with Crippen molar-refractivity contribution >= 4 is 18.0 Å². The van der Waals surface area contributed by atoms with Gasteiger partial charge in [-0.3, -0.25) is 9.59 Å². The van der Waals surface area contributed by atoms with Gasteiger partial charge in [-0.25, -0.2) is 5.43 Å². The van der Waals surface area contributed by atoms with E-state index in [4.69, 9.17) is 4.74 Å². The Hall–Kier alpha value is -3.15. The summed E-state index contributed by atoms with van der Waals surface area (Å²) in [5.74, 6) is -0.0385. The van der Waals surface area contributed by atoms with Crippen LogP contribution in [0.3, 0.4) is 0 Å². The minimum atomic E-state index is -0.457. The van der Waals surface area contributed by atoms with E-state index in [1.165, 1.54) is 6.21 Å². The standard InChI is InChI=1S/C19H21N3O3/c1-25-17-9-7-16(8-10-17)14-21-22-19(24)13-18(23)20-12-11-15-5-3-2-4-6-15/h2-10,14H,11-13H2,1H3,(H,20,23)(H,22,24). The van der Waals surface area contributed by atoms with Crippen LogP contribution in [-0.2, 0) is 16.0 Å². The van der Waals surface area contributed by atoms with Crippen molar-refractivity contribution < 1.29 is 14.3 Å². The van der Waals surface area contributed by atoms with E-state index in [9.17, 15) is 9.59 Å². The van der Waals surface area contributed by atoms with Crippen LogP contribution in [-0.4, -0.2) is 31.7 Å². The quantitative estimate of drug-likeness (QED) is 0.438. The predicted molar refractivity (Wildman–Crippen MR) is 96.5 cm³/mol. The van der Waals surface area contributed by atoms with Crippen LogP contribution >= 0.6 is 0 Å². The molecule has 0 atom stereocenters. The molecule has 6 heteroatoms. The Morgan fingerprint density at radius 2 is 1.76 bits per heavy atom. The zero-order valence-corrected chi connectivity index (χ0v) is 14.1. The molecule has 2 aromatic carbocycles. The number of nitrogens with one attached hydrogen (secondary N) is 2. The summed E-state index contributed by atoms with van der Waals surface area (Å²) >= 11 is 0. The first-order valence-corrected chi connectivity index (χ1v) is 7.94. The summed E-state index contributed by atoms with van der Waals surface area (Å²) in [4.78, 5) is 23.4. The SMILES string of the molecule is COc1ccc(C=NNC(=O)CC(=O)NCCc2ccccc2)cc1. The molecular formula is C19H21N3O3. The van der Waals surface area contributed by atoms with Crippen molar-refractivity contribution in [3.8, 4) is 5.75 Å². The average molecular weight is 339 g/mol. The highest BCUT2D eigenvalue weighted by Crippen LogP contribution is 2.09. The van der Waals surface area contributed by atoms with Crippen molar-refractivity contribution in [2.75, 3.05) is 13.7 Å². The minimum Gasteiger partial charge on any atom is -0.497 e. The predicted octanol–water partition coefficient (Wildman–Crippen LogP) is 1.89. The summed E-state index contributed by atoms with van der Waals surface area (Å²) in [7, 11) is 1.59. The van der Waals surface area contributed by atoms with Crippen molar-refractivity contribution in [1.82, 2.24) is 10.7 Å². The van der Waals surface area contributed by atoms with Crippen molar-refractivity contribution in [2.24, 2.45) is 5.10 Å². The third kappa shape index (κ3) is 6.87. The number of nitrogens with zero attached hydrogens (tertiary/aromatic N) is 1. The van der Waals surface area contributed by atoms with Gasteiger partial charge in [0, 0.05) is 6.54 Å². The van der Waals surface area contributed by atoms with E-state index < -0.39 is 5.91 Å². The summed E-state index contributed by atoms with van der Waals surface area (Å²) in [6.07, 6.45) is 1.98. The second kappa shape index (κ2) is 9.87. The highest BCUT2D eigenvalue weighted by molar-refractivity contribution is 5.97. The van der Waals surface area contributed by atoms with Crippen molar-refractivity contribution in [1.29, 1.82) is 0 Å². The lowest BCUT2D eigenvalue weighted by Gasteiger charge is -2.04. The topological polar surface area (TPSA) is 79.8 Å². The molecule has 0 saturated heterocycles. The van der Waals surface area contributed by atoms with Gasteiger partial charge in [0.1, 0.15) is 12.2 Å². The molecular weight excluding hydrogens is 318 g/mol. The first-order chi connectivity index (χ1) is 12.2. The molecule has 0 saturated carbocycles. The molecule has 0 unspecified atom stereocenters. The smallest absolute Gasteiger partial charge is 0.249 e. The fraction of sp³-hybridized carbons (Fsp3) is 0.211. The maximum atomic E-state index is 11.7. The Labute approximate surface area is 146 Å².